The van der Waals surface area contributed by atoms with Gasteiger partial charge in [0.2, 0.25) is 0 Å². The van der Waals surface area contributed by atoms with E-state index in [-0.39, 0.29) is 38.1 Å². The molecule has 4 rings (SSSR count). The zero-order chi connectivity index (χ0) is 25.2. The molecule has 4 aromatic rings. The molecule has 1 atom stereocenters. The molecule has 0 aliphatic carbocycles. The van der Waals surface area contributed by atoms with Crippen molar-refractivity contribution in [2.24, 2.45) is 0 Å². The molecule has 0 aliphatic heterocycles. The summed E-state index contributed by atoms with van der Waals surface area (Å²) in [5.41, 5.74) is 0.882. The van der Waals surface area contributed by atoms with Gasteiger partial charge in [-0.2, -0.15) is 8.75 Å². The number of rotatable bonds is 8. The molecule has 9 nitrogen and oxygen atoms in total. The van der Waals surface area contributed by atoms with Crippen LogP contribution in [0.1, 0.15) is 15.9 Å². The molecule has 3 aromatic carbocycles. The van der Waals surface area contributed by atoms with E-state index in [0.717, 1.165) is 11.7 Å². The van der Waals surface area contributed by atoms with Crippen LogP contribution < -0.4 is 10.0 Å². The summed E-state index contributed by atoms with van der Waals surface area (Å²) in [7, 11) is -4.23. The molecule has 35 heavy (non-hydrogen) atoms. The number of nitrogens with one attached hydrogen (secondary N) is 2. The molecule has 0 fully saturated rings. The van der Waals surface area contributed by atoms with Crippen molar-refractivity contribution >= 4 is 73.6 Å². The average Bonchev–Trinajstić information content (AvgIpc) is 3.30. The van der Waals surface area contributed by atoms with Gasteiger partial charge in [0.25, 0.3) is 15.9 Å². The van der Waals surface area contributed by atoms with Crippen molar-refractivity contribution in [2.45, 2.75) is 17.4 Å². The number of hydrogen-bond acceptors (Lipinski definition) is 7. The predicted octanol–water partition coefficient (Wildman–Crippen LogP) is 4.22. The molecule has 13 heteroatoms. The van der Waals surface area contributed by atoms with Gasteiger partial charge in [0.05, 0.1) is 33.0 Å². The highest BCUT2D eigenvalue weighted by molar-refractivity contribution is 7.93. The number of carboxylic acid groups (broad SMARTS) is 1. The van der Waals surface area contributed by atoms with Crippen molar-refractivity contribution in [3.8, 4) is 0 Å². The fraction of sp³-hybridized carbons (Fsp3) is 0.0909. The molecule has 0 radical (unpaired) electrons. The Labute approximate surface area is 214 Å². The van der Waals surface area contributed by atoms with Crippen LogP contribution in [0.2, 0.25) is 10.0 Å². The molecule has 1 amide bonds. The van der Waals surface area contributed by atoms with E-state index in [1.165, 1.54) is 24.3 Å². The first kappa shape index (κ1) is 24.9. The molecular formula is C22H16Cl2N4O5S2. The molecule has 0 spiro atoms. The minimum Gasteiger partial charge on any atom is -0.480 e. The van der Waals surface area contributed by atoms with Gasteiger partial charge in [-0.05, 0) is 29.8 Å². The van der Waals surface area contributed by atoms with Crippen molar-refractivity contribution in [2.75, 3.05) is 4.72 Å². The number of fused-ring (bicyclic) bond motifs is 1. The molecular weight excluding hydrogens is 535 g/mol. The van der Waals surface area contributed by atoms with Crippen LogP contribution >= 0.6 is 34.9 Å². The lowest BCUT2D eigenvalue weighted by Crippen LogP contribution is -2.42. The van der Waals surface area contributed by atoms with E-state index in [2.05, 4.69) is 18.8 Å². The topological polar surface area (TPSA) is 138 Å². The summed E-state index contributed by atoms with van der Waals surface area (Å²) in [5.74, 6) is -2.11. The fourth-order valence-electron chi connectivity index (χ4n) is 3.30. The van der Waals surface area contributed by atoms with Crippen molar-refractivity contribution in [3.63, 3.8) is 0 Å². The molecule has 0 saturated carbocycles. The highest BCUT2D eigenvalue weighted by Crippen LogP contribution is 2.32. The second-order valence-electron chi connectivity index (χ2n) is 7.36. The van der Waals surface area contributed by atoms with E-state index < -0.39 is 27.9 Å². The lowest BCUT2D eigenvalue weighted by Gasteiger charge is -2.18. The van der Waals surface area contributed by atoms with E-state index in [1.54, 1.807) is 36.4 Å². The third-order valence-electron chi connectivity index (χ3n) is 4.97. The standard InChI is InChI=1S/C22H16Cl2N4O5S2/c23-14-10-13(21(29)25-18(22(30)31)9-12-5-2-1-3-6-12)17(11-15(14)24)28-35(32,33)19-8-4-7-16-20(19)27-34-26-16/h1-8,10-11,18,28H,9H2,(H,25,29)(H,30,31)/t18-/m0/s1. The van der Waals surface area contributed by atoms with E-state index in [4.69, 9.17) is 23.2 Å². The quantitative estimate of drug-likeness (QED) is 0.298. The third-order valence-corrected chi connectivity index (χ3v) is 7.64. The van der Waals surface area contributed by atoms with Crippen LogP contribution in [-0.4, -0.2) is 40.2 Å². The summed E-state index contributed by atoms with van der Waals surface area (Å²) >= 11 is 13.0. The van der Waals surface area contributed by atoms with Crippen LogP contribution in [-0.2, 0) is 21.2 Å². The Bertz CT molecular complexity index is 1530. The Kier molecular flexibility index (Phi) is 7.22. The number of aliphatic carboxylic acids is 1. The van der Waals surface area contributed by atoms with Crippen LogP contribution in [0.25, 0.3) is 11.0 Å². The van der Waals surface area contributed by atoms with Crippen LogP contribution in [0, 0.1) is 0 Å². The van der Waals surface area contributed by atoms with Crippen molar-refractivity contribution in [1.29, 1.82) is 0 Å². The normalized spacial score (nSPS) is 12.3. The van der Waals surface area contributed by atoms with E-state index >= 15 is 0 Å². The summed E-state index contributed by atoms with van der Waals surface area (Å²) in [6, 6.07) is 14.3. The zero-order valence-corrected chi connectivity index (χ0v) is 20.7. The number of carboxylic acids is 1. The Balaban J connectivity index is 1.67. The number of carbonyl (C=O) groups excluding carboxylic acids is 1. The second kappa shape index (κ2) is 10.2. The largest absolute Gasteiger partial charge is 0.480 e. The van der Waals surface area contributed by atoms with Crippen molar-refractivity contribution < 1.29 is 23.1 Å². The number of carbonyl (C=O) groups is 2. The van der Waals surface area contributed by atoms with Gasteiger partial charge in [-0.15, -0.1) is 0 Å². The smallest absolute Gasteiger partial charge is 0.326 e. The number of aromatic nitrogens is 2. The van der Waals surface area contributed by atoms with E-state index in [9.17, 15) is 23.1 Å². The SMILES string of the molecule is O=C(N[C@@H](Cc1ccccc1)C(=O)O)c1cc(Cl)c(Cl)cc1NS(=O)(=O)c1cccc2nsnc12. The third kappa shape index (κ3) is 5.54. The molecule has 3 N–H and O–H groups in total. The first-order chi connectivity index (χ1) is 16.7. The lowest BCUT2D eigenvalue weighted by molar-refractivity contribution is -0.139. The number of halogens is 2. The highest BCUT2D eigenvalue weighted by Gasteiger charge is 2.26. The van der Waals surface area contributed by atoms with Gasteiger partial charge in [-0.3, -0.25) is 9.52 Å². The van der Waals surface area contributed by atoms with Crippen LogP contribution in [0.15, 0.2) is 65.6 Å². The molecule has 180 valence electrons. The van der Waals surface area contributed by atoms with Gasteiger partial charge in [-0.25, -0.2) is 13.2 Å². The number of anilines is 1. The van der Waals surface area contributed by atoms with E-state index in [1.807, 2.05) is 0 Å². The monoisotopic (exact) mass is 550 g/mol. The zero-order valence-electron chi connectivity index (χ0n) is 17.6. The summed E-state index contributed by atoms with van der Waals surface area (Å²) in [6.45, 7) is 0. The summed E-state index contributed by atoms with van der Waals surface area (Å²) in [4.78, 5) is 24.8. The minimum atomic E-state index is -4.23. The van der Waals surface area contributed by atoms with Crippen molar-refractivity contribution in [3.05, 3.63) is 81.8 Å². The van der Waals surface area contributed by atoms with Crippen molar-refractivity contribution in [1.82, 2.24) is 14.1 Å². The van der Waals surface area contributed by atoms with Crippen LogP contribution in [0.5, 0.6) is 0 Å². The number of hydrogen-bond donors (Lipinski definition) is 3. The summed E-state index contributed by atoms with van der Waals surface area (Å²) < 4.78 is 36.8. The van der Waals surface area contributed by atoms with Gasteiger partial charge in [0, 0.05) is 6.42 Å². The van der Waals surface area contributed by atoms with E-state index in [0.29, 0.717) is 11.1 Å². The number of benzene rings is 3. The first-order valence-corrected chi connectivity index (χ1v) is 12.9. The van der Waals surface area contributed by atoms with Gasteiger partial charge < -0.3 is 10.4 Å². The Morgan fingerprint density at radius 3 is 2.43 bits per heavy atom. The molecule has 1 aromatic heterocycles. The first-order valence-electron chi connectivity index (χ1n) is 9.96. The fourth-order valence-corrected chi connectivity index (χ4v) is 5.47. The maximum atomic E-state index is 13.2. The molecule has 0 aliphatic rings. The predicted molar refractivity (Wildman–Crippen MR) is 134 cm³/mol. The maximum Gasteiger partial charge on any atom is 0.326 e. The van der Waals surface area contributed by atoms with Crippen LogP contribution in [0.3, 0.4) is 0 Å². The molecule has 0 saturated heterocycles. The van der Waals surface area contributed by atoms with Gasteiger partial charge in [-0.1, -0.05) is 59.6 Å². The summed E-state index contributed by atoms with van der Waals surface area (Å²) in [5, 5.41) is 12.0. The van der Waals surface area contributed by atoms with Crippen LogP contribution in [0.4, 0.5) is 5.69 Å². The molecule has 1 heterocycles. The highest BCUT2D eigenvalue weighted by atomic mass is 35.5. The molecule has 0 unspecified atom stereocenters. The number of nitrogens with zero attached hydrogens (tertiary/aromatic N) is 2. The minimum absolute atomic E-state index is 0.00600. The van der Waals surface area contributed by atoms with Gasteiger partial charge in [0.15, 0.2) is 0 Å². The summed E-state index contributed by atoms with van der Waals surface area (Å²) in [6.07, 6.45) is 0.0170. The van der Waals surface area contributed by atoms with Gasteiger partial charge >= 0.3 is 5.97 Å². The maximum absolute atomic E-state index is 13.2. The number of sulfonamides is 1. The molecule has 0 bridgehead atoms. The lowest BCUT2D eigenvalue weighted by atomic mass is 10.1. The Morgan fingerprint density at radius 1 is 1.00 bits per heavy atom. The Hall–Kier alpha value is -3.25. The number of amides is 1. The van der Waals surface area contributed by atoms with Gasteiger partial charge in [0.1, 0.15) is 22.0 Å². The second-order valence-corrected chi connectivity index (χ2v) is 10.4. The average molecular weight is 551 g/mol. The Morgan fingerprint density at radius 2 is 1.71 bits per heavy atom.